The van der Waals surface area contributed by atoms with Crippen LogP contribution >= 0.6 is 0 Å². The van der Waals surface area contributed by atoms with Gasteiger partial charge in [0.25, 0.3) is 0 Å². The lowest BCUT2D eigenvalue weighted by atomic mass is 10.1. The van der Waals surface area contributed by atoms with Crippen molar-refractivity contribution in [1.82, 2.24) is 5.32 Å². The summed E-state index contributed by atoms with van der Waals surface area (Å²) < 4.78 is 35.8. The van der Waals surface area contributed by atoms with Crippen LogP contribution in [-0.2, 0) is 6.42 Å². The van der Waals surface area contributed by atoms with Crippen molar-refractivity contribution in [2.75, 3.05) is 13.2 Å². The van der Waals surface area contributed by atoms with Gasteiger partial charge in [-0.25, -0.2) is 0 Å². The first-order chi connectivity index (χ1) is 8.01. The number of aliphatic hydroxyl groups is 1. The van der Waals surface area contributed by atoms with E-state index in [-0.39, 0.29) is 19.2 Å². The van der Waals surface area contributed by atoms with E-state index in [9.17, 15) is 13.2 Å². The van der Waals surface area contributed by atoms with E-state index in [0.29, 0.717) is 6.42 Å². The number of aliphatic hydroxyl groups excluding tert-OH is 1. The molecule has 1 aromatic rings. The predicted octanol–water partition coefficient (Wildman–Crippen LogP) is 2.13. The van der Waals surface area contributed by atoms with Gasteiger partial charge in [0, 0.05) is 12.6 Å². The molecule has 2 N–H and O–H groups in total. The van der Waals surface area contributed by atoms with E-state index < -0.39 is 12.6 Å². The quantitative estimate of drug-likeness (QED) is 0.807. The third kappa shape index (κ3) is 6.28. The normalized spacial score (nSPS) is 13.6. The molecule has 1 aromatic carbocycles. The molecule has 1 unspecified atom stereocenters. The Labute approximate surface area is 98.5 Å². The molecule has 1 atom stereocenters. The first kappa shape index (κ1) is 14.0. The topological polar surface area (TPSA) is 32.3 Å². The third-order valence-corrected chi connectivity index (χ3v) is 2.39. The van der Waals surface area contributed by atoms with Gasteiger partial charge in [-0.1, -0.05) is 30.3 Å². The first-order valence-corrected chi connectivity index (χ1v) is 5.46. The zero-order chi connectivity index (χ0) is 12.7. The van der Waals surface area contributed by atoms with E-state index in [1.807, 2.05) is 30.3 Å². The molecule has 96 valence electrons. The van der Waals surface area contributed by atoms with Gasteiger partial charge in [0.1, 0.15) is 0 Å². The molecule has 0 amide bonds. The van der Waals surface area contributed by atoms with Gasteiger partial charge in [-0.15, -0.1) is 0 Å². The monoisotopic (exact) mass is 247 g/mol. The van der Waals surface area contributed by atoms with Gasteiger partial charge >= 0.3 is 6.18 Å². The summed E-state index contributed by atoms with van der Waals surface area (Å²) in [6.07, 6.45) is -4.51. The van der Waals surface area contributed by atoms with E-state index >= 15 is 0 Å². The van der Waals surface area contributed by atoms with Crippen molar-refractivity contribution in [3.63, 3.8) is 0 Å². The van der Waals surface area contributed by atoms with Crippen LogP contribution in [0.5, 0.6) is 0 Å². The Morgan fingerprint density at radius 2 is 1.82 bits per heavy atom. The zero-order valence-corrected chi connectivity index (χ0v) is 9.37. The molecule has 5 heteroatoms. The fourth-order valence-corrected chi connectivity index (χ4v) is 1.52. The Morgan fingerprint density at radius 3 is 2.35 bits per heavy atom. The average molecular weight is 247 g/mol. The van der Waals surface area contributed by atoms with E-state index in [4.69, 9.17) is 5.11 Å². The Hall–Kier alpha value is -1.07. The van der Waals surface area contributed by atoms with Crippen LogP contribution in [0.25, 0.3) is 0 Å². The van der Waals surface area contributed by atoms with Crippen molar-refractivity contribution in [2.24, 2.45) is 0 Å². The molecule has 0 aliphatic rings. The summed E-state index contributed by atoms with van der Waals surface area (Å²) in [4.78, 5) is 0. The highest BCUT2D eigenvalue weighted by Gasteiger charge is 2.26. The molecular weight excluding hydrogens is 231 g/mol. The number of hydrogen-bond acceptors (Lipinski definition) is 2. The van der Waals surface area contributed by atoms with Crippen LogP contribution in [0.1, 0.15) is 12.0 Å². The summed E-state index contributed by atoms with van der Waals surface area (Å²) in [5.41, 5.74) is 0.992. The molecule has 0 radical (unpaired) electrons. The van der Waals surface area contributed by atoms with Crippen LogP contribution in [0.4, 0.5) is 13.2 Å². The number of nitrogens with one attached hydrogen (secondary N) is 1. The molecule has 0 saturated heterocycles. The lowest BCUT2D eigenvalue weighted by Crippen LogP contribution is -2.36. The summed E-state index contributed by atoms with van der Waals surface area (Å²) in [7, 11) is 0. The molecule has 0 saturated carbocycles. The van der Waals surface area contributed by atoms with Gasteiger partial charge in [-0.05, 0) is 12.0 Å². The lowest BCUT2D eigenvalue weighted by molar-refractivity contribution is -0.133. The fraction of sp³-hybridized carbons (Fsp3) is 0.500. The molecule has 0 fully saturated rings. The molecule has 0 heterocycles. The Morgan fingerprint density at radius 1 is 1.18 bits per heavy atom. The molecule has 0 bridgehead atoms. The summed E-state index contributed by atoms with van der Waals surface area (Å²) in [5, 5.41) is 11.8. The highest BCUT2D eigenvalue weighted by atomic mass is 19.4. The maximum absolute atomic E-state index is 11.9. The molecule has 2 nitrogen and oxygen atoms in total. The summed E-state index contributed by atoms with van der Waals surface area (Å²) in [5.74, 6) is 0. The Balaban J connectivity index is 2.34. The van der Waals surface area contributed by atoms with Crippen LogP contribution in [-0.4, -0.2) is 30.5 Å². The van der Waals surface area contributed by atoms with Gasteiger partial charge in [0.15, 0.2) is 0 Å². The van der Waals surface area contributed by atoms with Gasteiger partial charge in [0.05, 0.1) is 13.0 Å². The molecular formula is C12H16F3NO. The smallest absolute Gasteiger partial charge is 0.390 e. The Kier molecular flexibility index (Phi) is 5.44. The van der Waals surface area contributed by atoms with Crippen molar-refractivity contribution in [2.45, 2.75) is 25.1 Å². The van der Waals surface area contributed by atoms with E-state index in [2.05, 4.69) is 5.32 Å². The van der Waals surface area contributed by atoms with Gasteiger partial charge in [-0.2, -0.15) is 13.2 Å². The van der Waals surface area contributed by atoms with E-state index in [1.54, 1.807) is 0 Å². The van der Waals surface area contributed by atoms with Gasteiger partial charge in [-0.3, -0.25) is 0 Å². The highest BCUT2D eigenvalue weighted by molar-refractivity contribution is 5.15. The van der Waals surface area contributed by atoms with Crippen molar-refractivity contribution in [1.29, 1.82) is 0 Å². The second kappa shape index (κ2) is 6.61. The van der Waals surface area contributed by atoms with Crippen molar-refractivity contribution < 1.29 is 18.3 Å². The van der Waals surface area contributed by atoms with Crippen molar-refractivity contribution >= 4 is 0 Å². The molecule has 0 spiro atoms. The molecule has 0 aliphatic carbocycles. The number of benzene rings is 1. The van der Waals surface area contributed by atoms with Crippen LogP contribution in [0.2, 0.25) is 0 Å². The summed E-state index contributed by atoms with van der Waals surface area (Å²) in [6.45, 7) is -0.339. The Bertz CT molecular complexity index is 313. The minimum Gasteiger partial charge on any atom is -0.395 e. The predicted molar refractivity (Wildman–Crippen MR) is 59.7 cm³/mol. The van der Waals surface area contributed by atoms with Crippen LogP contribution in [0.3, 0.4) is 0 Å². The van der Waals surface area contributed by atoms with Crippen molar-refractivity contribution in [3.8, 4) is 0 Å². The van der Waals surface area contributed by atoms with Crippen LogP contribution in [0.15, 0.2) is 30.3 Å². The second-order valence-electron chi connectivity index (χ2n) is 3.89. The first-order valence-electron chi connectivity index (χ1n) is 5.46. The lowest BCUT2D eigenvalue weighted by Gasteiger charge is -2.17. The average Bonchev–Trinajstić information content (AvgIpc) is 2.27. The van der Waals surface area contributed by atoms with Gasteiger partial charge in [0.2, 0.25) is 0 Å². The van der Waals surface area contributed by atoms with Crippen LogP contribution < -0.4 is 5.32 Å². The minimum absolute atomic E-state index is 0.165. The second-order valence-corrected chi connectivity index (χ2v) is 3.89. The molecule has 17 heavy (non-hydrogen) atoms. The molecule has 0 aromatic heterocycles. The highest BCUT2D eigenvalue weighted by Crippen LogP contribution is 2.18. The number of halogens is 3. The van der Waals surface area contributed by atoms with E-state index in [1.165, 1.54) is 0 Å². The summed E-state index contributed by atoms with van der Waals surface area (Å²) in [6, 6.07) is 9.02. The fourth-order valence-electron chi connectivity index (χ4n) is 1.52. The number of hydrogen-bond donors (Lipinski definition) is 2. The van der Waals surface area contributed by atoms with Gasteiger partial charge < -0.3 is 10.4 Å². The minimum atomic E-state index is -4.15. The van der Waals surface area contributed by atoms with E-state index in [0.717, 1.165) is 5.56 Å². The zero-order valence-electron chi connectivity index (χ0n) is 9.37. The molecule has 0 aliphatic heterocycles. The largest absolute Gasteiger partial charge is 0.395 e. The standard InChI is InChI=1S/C12H16F3NO/c13-12(14,15)6-7-16-11(9-17)8-10-4-2-1-3-5-10/h1-5,11,16-17H,6-9H2. The summed E-state index contributed by atoms with van der Waals surface area (Å²) >= 11 is 0. The number of rotatable bonds is 6. The SMILES string of the molecule is OCC(Cc1ccccc1)NCCC(F)(F)F. The maximum Gasteiger partial charge on any atom is 0.390 e. The van der Waals surface area contributed by atoms with Crippen LogP contribution in [0, 0.1) is 0 Å². The van der Waals surface area contributed by atoms with Crippen molar-refractivity contribution in [3.05, 3.63) is 35.9 Å². The third-order valence-electron chi connectivity index (χ3n) is 2.39. The maximum atomic E-state index is 11.9. The number of alkyl halides is 3. The molecule has 1 rings (SSSR count).